The Hall–Kier alpha value is -2.48. The van der Waals surface area contributed by atoms with Gasteiger partial charge >= 0.3 is 0 Å². The molecule has 0 aliphatic heterocycles. The summed E-state index contributed by atoms with van der Waals surface area (Å²) in [4.78, 5) is 0. The van der Waals surface area contributed by atoms with Crippen molar-refractivity contribution in [3.05, 3.63) is 82.5 Å². The molecule has 26 heavy (non-hydrogen) atoms. The van der Waals surface area contributed by atoms with Crippen LogP contribution in [0.15, 0.2) is 65.8 Å². The van der Waals surface area contributed by atoms with Crippen LogP contribution in [0.25, 0.3) is 0 Å². The molecule has 138 valence electrons. The first kappa shape index (κ1) is 19.8. The number of benzene rings is 2. The van der Waals surface area contributed by atoms with Crippen molar-refractivity contribution in [2.75, 3.05) is 0 Å². The van der Waals surface area contributed by atoms with Gasteiger partial charge in [0.2, 0.25) is 0 Å². The second-order valence-corrected chi connectivity index (χ2v) is 7.24. The van der Waals surface area contributed by atoms with E-state index in [1.165, 1.54) is 11.1 Å². The number of phenols is 2. The highest BCUT2D eigenvalue weighted by molar-refractivity contribution is 5.50. The van der Waals surface area contributed by atoms with E-state index in [9.17, 15) is 10.2 Å². The van der Waals surface area contributed by atoms with Crippen molar-refractivity contribution in [1.82, 2.24) is 0 Å². The van der Waals surface area contributed by atoms with Crippen LogP contribution >= 0.6 is 0 Å². The molecule has 0 radical (unpaired) electrons. The maximum absolute atomic E-state index is 10.4. The first-order valence-electron chi connectivity index (χ1n) is 9.27. The Labute approximate surface area is 157 Å². The number of phenolic OH excluding ortho intramolecular Hbond substituents is 2. The quantitative estimate of drug-likeness (QED) is 0.561. The van der Waals surface area contributed by atoms with Crippen LogP contribution in [0.1, 0.15) is 63.1 Å². The highest BCUT2D eigenvalue weighted by Crippen LogP contribution is 2.35. The van der Waals surface area contributed by atoms with Gasteiger partial charge in [0.1, 0.15) is 11.5 Å². The van der Waals surface area contributed by atoms with Crippen LogP contribution in [0.4, 0.5) is 0 Å². The fraction of sp³-hybridized carbons (Fsp3) is 0.333. The van der Waals surface area contributed by atoms with E-state index in [1.807, 2.05) is 18.2 Å². The van der Waals surface area contributed by atoms with Crippen molar-refractivity contribution < 1.29 is 10.2 Å². The third kappa shape index (κ3) is 5.52. The van der Waals surface area contributed by atoms with Crippen LogP contribution in [0.3, 0.4) is 0 Å². The maximum Gasteiger partial charge on any atom is 0.123 e. The summed E-state index contributed by atoms with van der Waals surface area (Å²) in [6.07, 6.45) is 6.88. The summed E-state index contributed by atoms with van der Waals surface area (Å²) in [6.45, 7) is 8.38. The number of allylic oxidation sites excluding steroid dienone is 4. The van der Waals surface area contributed by atoms with Crippen molar-refractivity contribution in [1.29, 1.82) is 0 Å². The molecule has 2 N–H and O–H groups in total. The van der Waals surface area contributed by atoms with E-state index in [4.69, 9.17) is 0 Å². The number of aromatic hydroxyl groups is 2. The van der Waals surface area contributed by atoms with E-state index in [-0.39, 0.29) is 17.4 Å². The van der Waals surface area contributed by atoms with E-state index in [0.717, 1.165) is 24.0 Å². The van der Waals surface area contributed by atoms with E-state index in [1.54, 1.807) is 12.1 Å². The van der Waals surface area contributed by atoms with Gasteiger partial charge in [-0.2, -0.15) is 0 Å². The summed E-state index contributed by atoms with van der Waals surface area (Å²) >= 11 is 0. The molecule has 0 aliphatic carbocycles. The maximum atomic E-state index is 10.4. The van der Waals surface area contributed by atoms with Gasteiger partial charge in [-0.15, -0.1) is 0 Å². The van der Waals surface area contributed by atoms with Crippen LogP contribution in [-0.4, -0.2) is 10.2 Å². The Morgan fingerprint density at radius 1 is 0.923 bits per heavy atom. The smallest absolute Gasteiger partial charge is 0.123 e. The summed E-state index contributed by atoms with van der Waals surface area (Å²) in [5.74, 6) is 0.440. The van der Waals surface area contributed by atoms with Gasteiger partial charge in [-0.3, -0.25) is 0 Å². The lowest BCUT2D eigenvalue weighted by Gasteiger charge is -2.15. The lowest BCUT2D eigenvalue weighted by molar-refractivity contribution is 0.439. The third-order valence-electron chi connectivity index (χ3n) is 4.77. The normalized spacial score (nSPS) is 12.7. The molecule has 2 nitrogen and oxygen atoms in total. The highest BCUT2D eigenvalue weighted by Gasteiger charge is 2.14. The van der Waals surface area contributed by atoms with Crippen molar-refractivity contribution in [3.63, 3.8) is 0 Å². The zero-order chi connectivity index (χ0) is 19.1. The Balaban J connectivity index is 2.13. The van der Waals surface area contributed by atoms with Crippen molar-refractivity contribution in [2.45, 2.75) is 52.9 Å². The zero-order valence-corrected chi connectivity index (χ0v) is 16.3. The lowest BCUT2D eigenvalue weighted by Crippen LogP contribution is -1.97. The second kappa shape index (κ2) is 9.28. The predicted molar refractivity (Wildman–Crippen MR) is 110 cm³/mol. The summed E-state index contributed by atoms with van der Waals surface area (Å²) in [6, 6.07) is 13.7. The van der Waals surface area contributed by atoms with Gasteiger partial charge in [-0.05, 0) is 63.3 Å². The number of hydrogen-bond donors (Lipinski definition) is 2. The lowest BCUT2D eigenvalue weighted by atomic mass is 9.91. The van der Waals surface area contributed by atoms with Gasteiger partial charge in [-0.1, -0.05) is 60.6 Å². The second-order valence-electron chi connectivity index (χ2n) is 7.24. The average molecular weight is 351 g/mol. The Kier molecular flexibility index (Phi) is 7.08. The van der Waals surface area contributed by atoms with Gasteiger partial charge in [0.05, 0.1) is 0 Å². The predicted octanol–water partition coefficient (Wildman–Crippen LogP) is 6.48. The van der Waals surface area contributed by atoms with E-state index in [2.05, 4.69) is 52.0 Å². The van der Waals surface area contributed by atoms with E-state index in [0.29, 0.717) is 12.0 Å². The van der Waals surface area contributed by atoms with Crippen molar-refractivity contribution in [2.24, 2.45) is 0 Å². The third-order valence-corrected chi connectivity index (χ3v) is 4.77. The van der Waals surface area contributed by atoms with Crippen LogP contribution in [0, 0.1) is 0 Å². The molecule has 2 aromatic rings. The fourth-order valence-electron chi connectivity index (χ4n) is 3.02. The molecule has 2 aromatic carbocycles. The van der Waals surface area contributed by atoms with E-state index >= 15 is 0 Å². The van der Waals surface area contributed by atoms with Crippen molar-refractivity contribution in [3.8, 4) is 11.5 Å². The summed E-state index contributed by atoms with van der Waals surface area (Å²) in [5.41, 5.74) is 5.27. The van der Waals surface area contributed by atoms with Gasteiger partial charge in [-0.25, -0.2) is 0 Å². The molecule has 0 saturated heterocycles. The Morgan fingerprint density at radius 3 is 2.12 bits per heavy atom. The molecule has 0 saturated carbocycles. The van der Waals surface area contributed by atoms with Crippen LogP contribution < -0.4 is 0 Å². The molecular weight excluding hydrogens is 320 g/mol. The summed E-state index contributed by atoms with van der Waals surface area (Å²) in [5, 5.41) is 20.9. The molecular formula is C24H30O2. The topological polar surface area (TPSA) is 40.5 Å². The molecule has 2 rings (SSSR count). The first-order valence-corrected chi connectivity index (χ1v) is 9.27. The van der Waals surface area contributed by atoms with Gasteiger partial charge in [0.25, 0.3) is 0 Å². The van der Waals surface area contributed by atoms with Crippen LogP contribution in [-0.2, 0) is 6.42 Å². The van der Waals surface area contributed by atoms with Crippen LogP contribution in [0.5, 0.6) is 11.5 Å². The van der Waals surface area contributed by atoms with Crippen LogP contribution in [0.2, 0.25) is 0 Å². The largest absolute Gasteiger partial charge is 0.508 e. The molecule has 0 aromatic heterocycles. The van der Waals surface area contributed by atoms with Gasteiger partial charge in [0, 0.05) is 11.5 Å². The molecule has 0 amide bonds. The minimum Gasteiger partial charge on any atom is -0.508 e. The molecule has 0 spiro atoms. The van der Waals surface area contributed by atoms with Gasteiger partial charge < -0.3 is 10.2 Å². The summed E-state index contributed by atoms with van der Waals surface area (Å²) in [7, 11) is 0. The Bertz CT molecular complexity index is 758. The highest BCUT2D eigenvalue weighted by atomic mass is 16.3. The summed E-state index contributed by atoms with van der Waals surface area (Å²) < 4.78 is 0. The Morgan fingerprint density at radius 2 is 1.54 bits per heavy atom. The minimum atomic E-state index is 0.114. The first-order chi connectivity index (χ1) is 12.4. The molecule has 1 atom stereocenters. The average Bonchev–Trinajstić information content (AvgIpc) is 2.60. The molecule has 2 heteroatoms. The number of rotatable bonds is 7. The zero-order valence-electron chi connectivity index (χ0n) is 16.3. The fourth-order valence-corrected chi connectivity index (χ4v) is 3.02. The monoisotopic (exact) mass is 350 g/mol. The van der Waals surface area contributed by atoms with Crippen molar-refractivity contribution >= 4 is 0 Å². The number of hydrogen-bond acceptors (Lipinski definition) is 2. The molecule has 1 unspecified atom stereocenters. The SMILES string of the molecule is CC(C)=CCCC(C)=CCc1c(O)cc(C(C)c2ccccc2)cc1O. The van der Waals surface area contributed by atoms with E-state index < -0.39 is 0 Å². The molecule has 0 heterocycles. The molecule has 0 bridgehead atoms. The molecule has 0 fully saturated rings. The van der Waals surface area contributed by atoms with Gasteiger partial charge in [0.15, 0.2) is 0 Å². The standard InChI is InChI=1S/C24H30O2/c1-17(2)9-8-10-18(3)13-14-22-23(25)15-21(16-24(22)26)19(4)20-11-6-5-7-12-20/h5-7,9,11-13,15-16,19,25-26H,8,10,14H2,1-4H3. The molecule has 0 aliphatic rings. The minimum absolute atomic E-state index is 0.114.